The molecule has 0 spiro atoms. The summed E-state index contributed by atoms with van der Waals surface area (Å²) in [4.78, 5) is 0. The molecule has 0 unspecified atom stereocenters. The molecule has 0 saturated carbocycles. The maximum atomic E-state index is 11.4. The Labute approximate surface area is 155 Å². The van der Waals surface area contributed by atoms with Crippen molar-refractivity contribution in [1.29, 1.82) is 0 Å². The molecule has 0 aliphatic carbocycles. The Balaban J connectivity index is 1.84. The van der Waals surface area contributed by atoms with Crippen LogP contribution in [-0.2, 0) is 16.3 Å². The molecule has 1 aliphatic rings. The molecule has 5 nitrogen and oxygen atoms in total. The van der Waals surface area contributed by atoms with Gasteiger partial charge >= 0.3 is 0 Å². The number of hydrogen-bond donors (Lipinski definition) is 0. The van der Waals surface area contributed by atoms with Crippen LogP contribution in [0.4, 0.5) is 0 Å². The monoisotopic (exact) mass is 407 g/mol. The van der Waals surface area contributed by atoms with Crippen LogP contribution < -0.4 is 0 Å². The molecule has 130 valence electrons. The number of hydrogen-bond acceptors (Lipinski definition) is 3. The molecular formula is C15H16Cl3N3O2S. The fourth-order valence-electron chi connectivity index (χ4n) is 3.07. The van der Waals surface area contributed by atoms with E-state index in [2.05, 4.69) is 5.10 Å². The van der Waals surface area contributed by atoms with Gasteiger partial charge in [0, 0.05) is 48.0 Å². The number of aromatic nitrogens is 2. The van der Waals surface area contributed by atoms with Crippen molar-refractivity contribution in [2.75, 3.05) is 13.1 Å². The summed E-state index contributed by atoms with van der Waals surface area (Å²) in [5.41, 5.74) is 2.59. The second-order valence-electron chi connectivity index (χ2n) is 5.79. The molecule has 0 bridgehead atoms. The first-order valence-electron chi connectivity index (χ1n) is 7.45. The summed E-state index contributed by atoms with van der Waals surface area (Å²) in [5, 5.41) is 5.51. The van der Waals surface area contributed by atoms with E-state index in [0.717, 1.165) is 17.0 Å². The summed E-state index contributed by atoms with van der Waals surface area (Å²) in [5.74, 6) is 0.226. The van der Waals surface area contributed by atoms with Gasteiger partial charge in [-0.3, -0.25) is 4.68 Å². The molecule has 1 saturated heterocycles. The Hall–Kier alpha value is -0.790. The number of rotatable bonds is 3. The Morgan fingerprint density at radius 3 is 2.50 bits per heavy atom. The fraction of sp³-hybridized carbons (Fsp3) is 0.400. The summed E-state index contributed by atoms with van der Waals surface area (Å²) >= 11 is 12.4. The Morgan fingerprint density at radius 2 is 1.88 bits per heavy atom. The first-order chi connectivity index (χ1) is 11.3. The van der Waals surface area contributed by atoms with E-state index in [1.54, 1.807) is 6.07 Å². The predicted octanol–water partition coefficient (Wildman–Crippen LogP) is 4.06. The summed E-state index contributed by atoms with van der Waals surface area (Å²) in [6.07, 6.45) is 1.41. The van der Waals surface area contributed by atoms with E-state index in [1.807, 2.05) is 29.9 Å². The summed E-state index contributed by atoms with van der Waals surface area (Å²) in [6, 6.07) is 7.44. The zero-order chi connectivity index (χ0) is 17.5. The highest BCUT2D eigenvalue weighted by molar-refractivity contribution is 8.11. The lowest BCUT2D eigenvalue weighted by Gasteiger charge is -2.29. The second-order valence-corrected chi connectivity index (χ2v) is 9.09. The first kappa shape index (κ1) is 18.0. The standard InChI is InChI=1S/C15H16Cl3N3O2S/c1-20-14(10-5-7-21(8-6-10)24(18,22)23)9-13(19-20)11-3-2-4-12(16)15(11)17/h2-4,9-10H,5-8H2,1H3. The zero-order valence-corrected chi connectivity index (χ0v) is 16.0. The topological polar surface area (TPSA) is 55.2 Å². The lowest BCUT2D eigenvalue weighted by Crippen LogP contribution is -2.35. The molecule has 2 aromatic rings. The lowest BCUT2D eigenvalue weighted by atomic mass is 9.94. The molecular weight excluding hydrogens is 393 g/mol. The smallest absolute Gasteiger partial charge is 0.272 e. The van der Waals surface area contributed by atoms with Crippen molar-refractivity contribution in [3.05, 3.63) is 40.0 Å². The van der Waals surface area contributed by atoms with E-state index in [0.29, 0.717) is 36.0 Å². The van der Waals surface area contributed by atoms with Crippen LogP contribution in [-0.4, -0.2) is 35.6 Å². The average molecular weight is 409 g/mol. The van der Waals surface area contributed by atoms with Crippen LogP contribution in [0.2, 0.25) is 10.0 Å². The first-order valence-corrected chi connectivity index (χ1v) is 10.5. The Bertz CT molecular complexity index is 859. The summed E-state index contributed by atoms with van der Waals surface area (Å²) in [6.45, 7) is 0.823. The predicted molar refractivity (Wildman–Crippen MR) is 97.0 cm³/mol. The van der Waals surface area contributed by atoms with Crippen molar-refractivity contribution >= 4 is 43.1 Å². The number of halogens is 3. The average Bonchev–Trinajstić information content (AvgIpc) is 2.91. The number of aryl methyl sites for hydroxylation is 1. The minimum Gasteiger partial charge on any atom is -0.272 e. The molecule has 0 N–H and O–H groups in total. The zero-order valence-electron chi connectivity index (χ0n) is 12.9. The molecule has 3 rings (SSSR count). The third kappa shape index (κ3) is 3.58. The van der Waals surface area contributed by atoms with Crippen molar-refractivity contribution < 1.29 is 8.42 Å². The Morgan fingerprint density at radius 1 is 1.21 bits per heavy atom. The molecule has 2 heterocycles. The SMILES string of the molecule is Cn1nc(-c2cccc(Cl)c2Cl)cc1C1CCN(S(=O)(=O)Cl)CC1. The molecule has 24 heavy (non-hydrogen) atoms. The van der Waals surface area contributed by atoms with E-state index >= 15 is 0 Å². The lowest BCUT2D eigenvalue weighted by molar-refractivity contribution is 0.318. The number of nitrogens with zero attached hydrogens (tertiary/aromatic N) is 3. The van der Waals surface area contributed by atoms with E-state index in [4.69, 9.17) is 33.9 Å². The van der Waals surface area contributed by atoms with Crippen LogP contribution >= 0.6 is 33.9 Å². The molecule has 1 fully saturated rings. The largest absolute Gasteiger partial charge is 0.299 e. The quantitative estimate of drug-likeness (QED) is 0.720. The minimum atomic E-state index is -3.64. The molecule has 1 aromatic heterocycles. The highest BCUT2D eigenvalue weighted by atomic mass is 35.7. The summed E-state index contributed by atoms with van der Waals surface area (Å²) < 4.78 is 25.9. The molecule has 1 aliphatic heterocycles. The third-order valence-corrected chi connectivity index (χ3v) is 6.71. The van der Waals surface area contributed by atoms with Gasteiger partial charge < -0.3 is 0 Å². The van der Waals surface area contributed by atoms with Crippen LogP contribution in [0.1, 0.15) is 24.5 Å². The molecule has 0 amide bonds. The molecule has 9 heteroatoms. The highest BCUT2D eigenvalue weighted by Crippen LogP contribution is 2.36. The Kier molecular flexibility index (Phi) is 5.14. The van der Waals surface area contributed by atoms with Gasteiger partial charge in [-0.05, 0) is 25.0 Å². The third-order valence-electron chi connectivity index (χ3n) is 4.32. The van der Waals surface area contributed by atoms with Gasteiger partial charge in [-0.25, -0.2) is 0 Å². The maximum absolute atomic E-state index is 11.4. The van der Waals surface area contributed by atoms with Crippen LogP contribution in [0.25, 0.3) is 11.3 Å². The van der Waals surface area contributed by atoms with Gasteiger partial charge in [-0.15, -0.1) is 0 Å². The minimum absolute atomic E-state index is 0.226. The van der Waals surface area contributed by atoms with Gasteiger partial charge in [-0.1, -0.05) is 35.3 Å². The molecule has 1 aromatic carbocycles. The van der Waals surface area contributed by atoms with Crippen molar-refractivity contribution in [3.8, 4) is 11.3 Å². The van der Waals surface area contributed by atoms with Crippen molar-refractivity contribution in [3.63, 3.8) is 0 Å². The van der Waals surface area contributed by atoms with Gasteiger partial charge in [0.15, 0.2) is 0 Å². The molecule has 0 radical (unpaired) electrons. The van der Waals surface area contributed by atoms with Crippen LogP contribution in [0.15, 0.2) is 24.3 Å². The fourth-order valence-corrected chi connectivity index (χ4v) is 4.53. The highest BCUT2D eigenvalue weighted by Gasteiger charge is 2.29. The molecule has 0 atom stereocenters. The van der Waals surface area contributed by atoms with E-state index in [9.17, 15) is 8.42 Å². The second kappa shape index (κ2) is 6.84. The van der Waals surface area contributed by atoms with Crippen molar-refractivity contribution in [2.45, 2.75) is 18.8 Å². The maximum Gasteiger partial charge on any atom is 0.299 e. The van der Waals surface area contributed by atoms with E-state index < -0.39 is 9.24 Å². The number of piperidine rings is 1. The van der Waals surface area contributed by atoms with Crippen LogP contribution in [0.3, 0.4) is 0 Å². The van der Waals surface area contributed by atoms with Crippen molar-refractivity contribution in [1.82, 2.24) is 14.1 Å². The van der Waals surface area contributed by atoms with Gasteiger partial charge in [-0.2, -0.15) is 17.8 Å². The van der Waals surface area contributed by atoms with Gasteiger partial charge in [0.1, 0.15) is 0 Å². The van der Waals surface area contributed by atoms with E-state index in [-0.39, 0.29) is 5.92 Å². The van der Waals surface area contributed by atoms with Gasteiger partial charge in [0.2, 0.25) is 0 Å². The van der Waals surface area contributed by atoms with E-state index in [1.165, 1.54) is 4.31 Å². The number of benzene rings is 1. The van der Waals surface area contributed by atoms with Gasteiger partial charge in [0.05, 0.1) is 15.7 Å². The van der Waals surface area contributed by atoms with Gasteiger partial charge in [0.25, 0.3) is 9.24 Å². The normalized spacial score (nSPS) is 17.3. The van der Waals surface area contributed by atoms with Crippen molar-refractivity contribution in [2.24, 2.45) is 7.05 Å². The van der Waals surface area contributed by atoms with Crippen LogP contribution in [0, 0.1) is 0 Å². The van der Waals surface area contributed by atoms with Crippen LogP contribution in [0.5, 0.6) is 0 Å². The summed E-state index contributed by atoms with van der Waals surface area (Å²) in [7, 11) is 3.64.